The molecule has 0 fully saturated rings. The van der Waals surface area contributed by atoms with Crippen LogP contribution >= 0.6 is 0 Å². The van der Waals surface area contributed by atoms with Gasteiger partial charge in [0.25, 0.3) is 0 Å². The normalized spacial score (nSPS) is 10.6. The van der Waals surface area contributed by atoms with Gasteiger partial charge in [0.15, 0.2) is 0 Å². The SMILES string of the molecule is Cc1cnn(CCC(=O)N(C)Cc2cccc(F)c2)c1. The quantitative estimate of drug-likeness (QED) is 0.840. The van der Waals surface area contributed by atoms with Crippen molar-refractivity contribution in [2.24, 2.45) is 0 Å². The highest BCUT2D eigenvalue weighted by Gasteiger charge is 2.10. The Bertz CT molecular complexity index is 594. The van der Waals surface area contributed by atoms with Crippen LogP contribution in [-0.4, -0.2) is 27.6 Å². The Kier molecular flexibility index (Phi) is 4.50. The molecule has 0 radical (unpaired) electrons. The number of benzene rings is 1. The molecule has 0 spiro atoms. The lowest BCUT2D eigenvalue weighted by atomic mass is 10.2. The van der Waals surface area contributed by atoms with Crippen LogP contribution in [0.3, 0.4) is 0 Å². The minimum atomic E-state index is -0.282. The zero-order valence-electron chi connectivity index (χ0n) is 11.7. The number of amides is 1. The third-order valence-electron chi connectivity index (χ3n) is 3.05. The Morgan fingerprint density at radius 2 is 2.25 bits per heavy atom. The van der Waals surface area contributed by atoms with E-state index in [-0.39, 0.29) is 11.7 Å². The van der Waals surface area contributed by atoms with Crippen LogP contribution in [0.15, 0.2) is 36.7 Å². The first-order valence-electron chi connectivity index (χ1n) is 6.52. The summed E-state index contributed by atoms with van der Waals surface area (Å²) in [6.45, 7) is 2.93. The summed E-state index contributed by atoms with van der Waals surface area (Å²) in [6, 6.07) is 6.30. The number of aryl methyl sites for hydroxylation is 2. The number of halogens is 1. The van der Waals surface area contributed by atoms with Crippen molar-refractivity contribution in [1.82, 2.24) is 14.7 Å². The third-order valence-corrected chi connectivity index (χ3v) is 3.05. The van der Waals surface area contributed by atoms with Gasteiger partial charge in [0, 0.05) is 32.8 Å². The highest BCUT2D eigenvalue weighted by atomic mass is 19.1. The summed E-state index contributed by atoms with van der Waals surface area (Å²) in [4.78, 5) is 13.6. The van der Waals surface area contributed by atoms with Gasteiger partial charge in [-0.05, 0) is 30.2 Å². The molecule has 4 nitrogen and oxygen atoms in total. The average Bonchev–Trinajstić information content (AvgIpc) is 2.81. The van der Waals surface area contributed by atoms with E-state index in [2.05, 4.69) is 5.10 Å². The molecule has 2 aromatic rings. The van der Waals surface area contributed by atoms with E-state index >= 15 is 0 Å². The number of hydrogen-bond acceptors (Lipinski definition) is 2. The second-order valence-corrected chi connectivity index (χ2v) is 4.91. The van der Waals surface area contributed by atoms with Crippen LogP contribution in [0.5, 0.6) is 0 Å². The van der Waals surface area contributed by atoms with E-state index in [1.54, 1.807) is 28.9 Å². The Balaban J connectivity index is 1.85. The van der Waals surface area contributed by atoms with Crippen molar-refractivity contribution in [3.63, 3.8) is 0 Å². The van der Waals surface area contributed by atoms with Crippen LogP contribution in [0.1, 0.15) is 17.5 Å². The van der Waals surface area contributed by atoms with Crippen LogP contribution in [0.25, 0.3) is 0 Å². The molecule has 5 heteroatoms. The first-order valence-corrected chi connectivity index (χ1v) is 6.52. The molecule has 0 aliphatic heterocycles. The molecular weight excluding hydrogens is 257 g/mol. The molecule has 0 atom stereocenters. The molecule has 1 heterocycles. The lowest BCUT2D eigenvalue weighted by Gasteiger charge is -2.17. The van der Waals surface area contributed by atoms with E-state index in [0.29, 0.717) is 19.5 Å². The van der Waals surface area contributed by atoms with Gasteiger partial charge >= 0.3 is 0 Å². The Labute approximate surface area is 117 Å². The van der Waals surface area contributed by atoms with E-state index in [1.165, 1.54) is 12.1 Å². The summed E-state index contributed by atoms with van der Waals surface area (Å²) < 4.78 is 14.8. The van der Waals surface area contributed by atoms with Crippen molar-refractivity contribution < 1.29 is 9.18 Å². The van der Waals surface area contributed by atoms with E-state index in [4.69, 9.17) is 0 Å². The second-order valence-electron chi connectivity index (χ2n) is 4.91. The fraction of sp³-hybridized carbons (Fsp3) is 0.333. The van der Waals surface area contributed by atoms with Crippen molar-refractivity contribution in [3.8, 4) is 0 Å². The van der Waals surface area contributed by atoms with E-state index in [1.807, 2.05) is 19.2 Å². The predicted molar refractivity (Wildman–Crippen MR) is 74.5 cm³/mol. The summed E-state index contributed by atoms with van der Waals surface area (Å²) in [7, 11) is 1.72. The highest BCUT2D eigenvalue weighted by Crippen LogP contribution is 2.07. The maximum Gasteiger partial charge on any atom is 0.224 e. The standard InChI is InChI=1S/C15H18FN3O/c1-12-9-17-19(10-12)7-6-15(20)18(2)11-13-4-3-5-14(16)8-13/h3-5,8-10H,6-7,11H2,1-2H3. The minimum absolute atomic E-state index is 0.0161. The number of carbonyl (C=O) groups excluding carboxylic acids is 1. The average molecular weight is 275 g/mol. The summed E-state index contributed by atoms with van der Waals surface area (Å²) >= 11 is 0. The summed E-state index contributed by atoms with van der Waals surface area (Å²) in [5.74, 6) is -0.266. The molecule has 1 aromatic carbocycles. The van der Waals surface area contributed by atoms with Crippen LogP contribution in [-0.2, 0) is 17.9 Å². The van der Waals surface area contributed by atoms with Gasteiger partial charge < -0.3 is 4.90 Å². The van der Waals surface area contributed by atoms with Crippen molar-refractivity contribution in [3.05, 3.63) is 53.6 Å². The second kappa shape index (κ2) is 6.32. The molecule has 1 aromatic heterocycles. The number of carbonyl (C=O) groups is 1. The number of rotatable bonds is 5. The van der Waals surface area contributed by atoms with Gasteiger partial charge in [0.05, 0.1) is 6.20 Å². The molecule has 0 aliphatic carbocycles. The molecule has 1 amide bonds. The fourth-order valence-electron chi connectivity index (χ4n) is 1.99. The summed E-state index contributed by atoms with van der Waals surface area (Å²) in [5, 5.41) is 4.14. The van der Waals surface area contributed by atoms with Gasteiger partial charge in [0.2, 0.25) is 5.91 Å². The van der Waals surface area contributed by atoms with Gasteiger partial charge in [-0.25, -0.2) is 4.39 Å². The molecule has 0 saturated heterocycles. The molecular formula is C15H18FN3O. The smallest absolute Gasteiger partial charge is 0.224 e. The van der Waals surface area contributed by atoms with E-state index in [9.17, 15) is 9.18 Å². The number of hydrogen-bond donors (Lipinski definition) is 0. The molecule has 20 heavy (non-hydrogen) atoms. The molecule has 0 N–H and O–H groups in total. The minimum Gasteiger partial charge on any atom is -0.341 e. The maximum atomic E-state index is 13.1. The van der Waals surface area contributed by atoms with Crippen LogP contribution in [0.2, 0.25) is 0 Å². The highest BCUT2D eigenvalue weighted by molar-refractivity contribution is 5.75. The van der Waals surface area contributed by atoms with E-state index in [0.717, 1.165) is 11.1 Å². The number of aromatic nitrogens is 2. The lowest BCUT2D eigenvalue weighted by molar-refractivity contribution is -0.130. The Morgan fingerprint density at radius 1 is 1.45 bits per heavy atom. The van der Waals surface area contributed by atoms with Gasteiger partial charge in [-0.1, -0.05) is 12.1 Å². The first-order chi connectivity index (χ1) is 9.54. The zero-order valence-corrected chi connectivity index (χ0v) is 11.7. The zero-order chi connectivity index (χ0) is 14.5. The molecule has 2 rings (SSSR count). The third kappa shape index (κ3) is 3.91. The van der Waals surface area contributed by atoms with Crippen LogP contribution in [0.4, 0.5) is 4.39 Å². The van der Waals surface area contributed by atoms with Crippen LogP contribution < -0.4 is 0 Å². The first kappa shape index (κ1) is 14.2. The van der Waals surface area contributed by atoms with Gasteiger partial charge in [-0.3, -0.25) is 9.48 Å². The maximum absolute atomic E-state index is 13.1. The summed E-state index contributed by atoms with van der Waals surface area (Å²) in [6.07, 6.45) is 4.05. The van der Waals surface area contributed by atoms with Crippen molar-refractivity contribution in [2.75, 3.05) is 7.05 Å². The van der Waals surface area contributed by atoms with Gasteiger partial charge in [-0.2, -0.15) is 5.10 Å². The molecule has 0 unspecified atom stereocenters. The van der Waals surface area contributed by atoms with E-state index < -0.39 is 0 Å². The largest absolute Gasteiger partial charge is 0.341 e. The number of nitrogens with zero attached hydrogens (tertiary/aromatic N) is 3. The van der Waals surface area contributed by atoms with Crippen molar-refractivity contribution in [1.29, 1.82) is 0 Å². The molecule has 0 aliphatic rings. The Morgan fingerprint density at radius 3 is 2.90 bits per heavy atom. The van der Waals surface area contributed by atoms with Crippen molar-refractivity contribution >= 4 is 5.91 Å². The van der Waals surface area contributed by atoms with Crippen LogP contribution in [0, 0.1) is 12.7 Å². The molecule has 106 valence electrons. The molecule has 0 bridgehead atoms. The summed E-state index contributed by atoms with van der Waals surface area (Å²) in [5.41, 5.74) is 1.86. The lowest BCUT2D eigenvalue weighted by Crippen LogP contribution is -2.27. The van der Waals surface area contributed by atoms with Crippen molar-refractivity contribution in [2.45, 2.75) is 26.4 Å². The predicted octanol–water partition coefficient (Wildman–Crippen LogP) is 2.38. The molecule has 0 saturated carbocycles. The Hall–Kier alpha value is -2.17. The van der Waals surface area contributed by atoms with Gasteiger partial charge in [0.1, 0.15) is 5.82 Å². The topological polar surface area (TPSA) is 38.1 Å². The van der Waals surface area contributed by atoms with Gasteiger partial charge in [-0.15, -0.1) is 0 Å². The fourth-order valence-corrected chi connectivity index (χ4v) is 1.99. The monoisotopic (exact) mass is 275 g/mol.